The number of nitrogens with zero attached hydrogens (tertiary/aromatic N) is 3. The van der Waals surface area contributed by atoms with Gasteiger partial charge in [0.1, 0.15) is 0 Å². The zero-order chi connectivity index (χ0) is 21.1. The summed E-state index contributed by atoms with van der Waals surface area (Å²) in [5, 5.41) is 0.381. The predicted molar refractivity (Wildman–Crippen MR) is 111 cm³/mol. The highest BCUT2D eigenvalue weighted by Crippen LogP contribution is 2.22. The van der Waals surface area contributed by atoms with Gasteiger partial charge in [-0.25, -0.2) is 4.79 Å². The highest BCUT2D eigenvalue weighted by atomic mass is 16.2. The van der Waals surface area contributed by atoms with Crippen LogP contribution in [0.3, 0.4) is 0 Å². The molecule has 29 heavy (non-hydrogen) atoms. The van der Waals surface area contributed by atoms with Gasteiger partial charge in [0.25, 0.3) is 11.5 Å². The third kappa shape index (κ3) is 3.97. The number of fused-ring (bicyclic) bond motifs is 1. The molecule has 3 rings (SSSR count). The van der Waals surface area contributed by atoms with Gasteiger partial charge in [-0.3, -0.25) is 19.0 Å². The summed E-state index contributed by atoms with van der Waals surface area (Å²) >= 11 is 0. The molecule has 1 N–H and O–H groups in total. The lowest BCUT2D eigenvalue weighted by Crippen LogP contribution is -2.44. The van der Waals surface area contributed by atoms with Crippen LogP contribution in [0.25, 0.3) is 10.9 Å². The smallest absolute Gasteiger partial charge is 0.328 e. The van der Waals surface area contributed by atoms with Gasteiger partial charge in [-0.05, 0) is 51.8 Å². The molecule has 1 aliphatic heterocycles. The SMILES string of the molecule is CCN(CC)C(=O)C1CCN(C(=O)c2ccc3c(=O)n(CC)c(=O)[nH]c3c2)CC1. The average molecular weight is 400 g/mol. The van der Waals surface area contributed by atoms with Crippen LogP contribution in [0.4, 0.5) is 0 Å². The maximum Gasteiger partial charge on any atom is 0.328 e. The van der Waals surface area contributed by atoms with Gasteiger partial charge in [0.2, 0.25) is 5.91 Å². The highest BCUT2D eigenvalue weighted by molar-refractivity contribution is 5.97. The second-order valence-electron chi connectivity index (χ2n) is 7.32. The summed E-state index contributed by atoms with van der Waals surface area (Å²) in [6.07, 6.45) is 1.29. The molecule has 0 unspecified atom stereocenters. The van der Waals surface area contributed by atoms with E-state index in [-0.39, 0.29) is 29.8 Å². The number of hydrogen-bond acceptors (Lipinski definition) is 4. The van der Waals surface area contributed by atoms with Crippen molar-refractivity contribution in [1.82, 2.24) is 19.4 Å². The number of hydrogen-bond donors (Lipinski definition) is 1. The van der Waals surface area contributed by atoms with E-state index in [1.54, 1.807) is 30.0 Å². The average Bonchev–Trinajstić information content (AvgIpc) is 2.74. The van der Waals surface area contributed by atoms with Crippen LogP contribution in [0.5, 0.6) is 0 Å². The minimum absolute atomic E-state index is 0.0422. The van der Waals surface area contributed by atoms with Crippen molar-refractivity contribution >= 4 is 22.7 Å². The summed E-state index contributed by atoms with van der Waals surface area (Å²) in [6, 6.07) is 4.77. The molecular formula is C21H28N4O4. The van der Waals surface area contributed by atoms with Gasteiger partial charge >= 0.3 is 5.69 Å². The molecule has 2 amide bonds. The molecule has 1 saturated heterocycles. The Morgan fingerprint density at radius 3 is 2.34 bits per heavy atom. The number of carbonyl (C=O) groups excluding carboxylic acids is 2. The molecule has 1 fully saturated rings. The van der Waals surface area contributed by atoms with Crippen molar-refractivity contribution in [2.75, 3.05) is 26.2 Å². The molecule has 156 valence electrons. The topological polar surface area (TPSA) is 95.5 Å². The summed E-state index contributed by atoms with van der Waals surface area (Å²) in [4.78, 5) is 56.1. The predicted octanol–water partition coefficient (Wildman–Crippen LogP) is 1.43. The standard InChI is InChI=1S/C21H28N4O4/c1-4-23(5-2)18(26)14-9-11-24(12-10-14)19(27)15-7-8-16-17(13-15)22-21(29)25(6-3)20(16)28/h7-8,13-14H,4-6,9-12H2,1-3H3,(H,22,29). The van der Waals surface area contributed by atoms with Crippen molar-refractivity contribution in [1.29, 1.82) is 0 Å². The van der Waals surface area contributed by atoms with Gasteiger partial charge in [-0.15, -0.1) is 0 Å². The lowest BCUT2D eigenvalue weighted by Gasteiger charge is -2.33. The Balaban J connectivity index is 1.76. The minimum Gasteiger partial charge on any atom is -0.343 e. The number of rotatable bonds is 5. The zero-order valence-electron chi connectivity index (χ0n) is 17.2. The Bertz CT molecular complexity index is 1030. The maximum absolute atomic E-state index is 12.9. The number of benzene rings is 1. The summed E-state index contributed by atoms with van der Waals surface area (Å²) in [5.41, 5.74) is -0.0521. The fourth-order valence-corrected chi connectivity index (χ4v) is 3.98. The molecule has 0 aliphatic carbocycles. The molecule has 2 heterocycles. The van der Waals surface area contributed by atoms with Crippen molar-refractivity contribution in [2.24, 2.45) is 5.92 Å². The van der Waals surface area contributed by atoms with Gasteiger partial charge in [0.15, 0.2) is 0 Å². The van der Waals surface area contributed by atoms with Crippen LogP contribution in [0.1, 0.15) is 44.0 Å². The second kappa shape index (κ2) is 8.63. The molecular weight excluding hydrogens is 372 g/mol. The van der Waals surface area contributed by atoms with E-state index in [2.05, 4.69) is 4.98 Å². The van der Waals surface area contributed by atoms with E-state index < -0.39 is 5.69 Å². The van der Waals surface area contributed by atoms with Crippen LogP contribution in [-0.4, -0.2) is 57.3 Å². The van der Waals surface area contributed by atoms with Gasteiger partial charge in [-0.2, -0.15) is 0 Å². The number of likely N-dealkylation sites (tertiary alicyclic amines) is 1. The zero-order valence-corrected chi connectivity index (χ0v) is 17.2. The molecule has 0 bridgehead atoms. The maximum atomic E-state index is 12.9. The second-order valence-corrected chi connectivity index (χ2v) is 7.32. The summed E-state index contributed by atoms with van der Waals surface area (Å²) in [5.74, 6) is -0.0295. The van der Waals surface area contributed by atoms with Gasteiger partial charge in [0, 0.05) is 44.2 Å². The summed E-state index contributed by atoms with van der Waals surface area (Å²) < 4.78 is 1.13. The van der Waals surface area contributed by atoms with Crippen LogP contribution in [-0.2, 0) is 11.3 Å². The van der Waals surface area contributed by atoms with Crippen molar-refractivity contribution in [2.45, 2.75) is 40.2 Å². The van der Waals surface area contributed by atoms with Crippen LogP contribution in [0.2, 0.25) is 0 Å². The quantitative estimate of drug-likeness (QED) is 0.821. The van der Waals surface area contributed by atoms with Crippen molar-refractivity contribution < 1.29 is 9.59 Å². The van der Waals surface area contributed by atoms with E-state index >= 15 is 0 Å². The van der Waals surface area contributed by atoms with Gasteiger partial charge in [-0.1, -0.05) is 0 Å². The number of nitrogens with one attached hydrogen (secondary N) is 1. The largest absolute Gasteiger partial charge is 0.343 e. The number of carbonyl (C=O) groups is 2. The van der Waals surface area contributed by atoms with E-state index in [1.165, 1.54) is 0 Å². The number of amides is 2. The van der Waals surface area contributed by atoms with Crippen LogP contribution < -0.4 is 11.2 Å². The van der Waals surface area contributed by atoms with E-state index in [4.69, 9.17) is 0 Å². The first-order chi connectivity index (χ1) is 13.9. The summed E-state index contributed by atoms with van der Waals surface area (Å²) in [6.45, 7) is 8.39. The molecule has 1 aromatic heterocycles. The molecule has 1 aliphatic rings. The lowest BCUT2D eigenvalue weighted by atomic mass is 9.94. The number of aromatic amines is 1. The van der Waals surface area contributed by atoms with E-state index in [0.717, 1.165) is 4.57 Å². The molecule has 0 radical (unpaired) electrons. The fourth-order valence-electron chi connectivity index (χ4n) is 3.98. The number of piperidine rings is 1. The van der Waals surface area contributed by atoms with Crippen LogP contribution in [0, 0.1) is 5.92 Å². The molecule has 2 aromatic rings. The molecule has 1 aromatic carbocycles. The van der Waals surface area contributed by atoms with Crippen molar-refractivity contribution in [3.8, 4) is 0 Å². The summed E-state index contributed by atoms with van der Waals surface area (Å²) in [7, 11) is 0. The Kier molecular flexibility index (Phi) is 6.20. The van der Waals surface area contributed by atoms with Gasteiger partial charge in [0.05, 0.1) is 10.9 Å². The Hall–Kier alpha value is -2.90. The molecule has 8 heteroatoms. The van der Waals surface area contributed by atoms with Crippen molar-refractivity contribution in [3.05, 3.63) is 44.6 Å². The third-order valence-electron chi connectivity index (χ3n) is 5.75. The van der Waals surface area contributed by atoms with E-state index in [9.17, 15) is 19.2 Å². The third-order valence-corrected chi connectivity index (χ3v) is 5.75. The van der Waals surface area contributed by atoms with Crippen LogP contribution in [0.15, 0.2) is 27.8 Å². The fraction of sp³-hybridized carbons (Fsp3) is 0.524. The van der Waals surface area contributed by atoms with Gasteiger partial charge < -0.3 is 14.8 Å². The molecule has 8 nitrogen and oxygen atoms in total. The molecule has 0 atom stereocenters. The van der Waals surface area contributed by atoms with Crippen LogP contribution >= 0.6 is 0 Å². The Labute approximate surface area is 169 Å². The Morgan fingerprint density at radius 1 is 1.10 bits per heavy atom. The molecule has 0 saturated carbocycles. The molecule has 0 spiro atoms. The lowest BCUT2D eigenvalue weighted by molar-refractivity contribution is -0.136. The normalized spacial score (nSPS) is 14.9. The van der Waals surface area contributed by atoms with E-state index in [1.807, 2.05) is 18.7 Å². The van der Waals surface area contributed by atoms with Crippen molar-refractivity contribution in [3.63, 3.8) is 0 Å². The Morgan fingerprint density at radius 2 is 1.76 bits per heavy atom. The highest BCUT2D eigenvalue weighted by Gasteiger charge is 2.29. The first-order valence-corrected chi connectivity index (χ1v) is 10.3. The number of H-pyrrole nitrogens is 1. The number of aromatic nitrogens is 2. The monoisotopic (exact) mass is 400 g/mol. The first-order valence-electron chi connectivity index (χ1n) is 10.3. The van der Waals surface area contributed by atoms with E-state index in [0.29, 0.717) is 55.5 Å². The first kappa shape index (κ1) is 20.8. The minimum atomic E-state index is -0.481.